The molecule has 3 N–H and O–H groups in total. The smallest absolute Gasteiger partial charge is 0.159 e. The molecule has 0 atom stereocenters. The number of benzene rings is 1. The van der Waals surface area contributed by atoms with Gasteiger partial charge in [-0.2, -0.15) is 0 Å². The van der Waals surface area contributed by atoms with Gasteiger partial charge in [-0.05, 0) is 18.2 Å². The van der Waals surface area contributed by atoms with Gasteiger partial charge in [0.25, 0.3) is 0 Å². The van der Waals surface area contributed by atoms with E-state index in [4.69, 9.17) is 41.2 Å². The van der Waals surface area contributed by atoms with Crippen molar-refractivity contribution in [3.63, 3.8) is 0 Å². The molecule has 0 aliphatic carbocycles. The van der Waals surface area contributed by atoms with Crippen molar-refractivity contribution in [3.8, 4) is 0 Å². The average Bonchev–Trinajstić information content (AvgIpc) is 2.34. The number of nitrogens with one attached hydrogen (secondary N) is 1. The van der Waals surface area contributed by atoms with Crippen LogP contribution in [0.15, 0.2) is 30.6 Å². The third-order valence-corrected chi connectivity index (χ3v) is 3.05. The van der Waals surface area contributed by atoms with Crippen LogP contribution in [0.2, 0.25) is 10.0 Å². The number of hydrogen-bond donors (Lipinski definition) is 2. The molecule has 0 saturated heterocycles. The zero-order valence-electron chi connectivity index (χ0n) is 9.02. The Balaban J connectivity index is 2.34. The maximum absolute atomic E-state index is 5.92. The lowest BCUT2D eigenvalue weighted by molar-refractivity contribution is 1.18. The molecule has 0 amide bonds. The van der Waals surface area contributed by atoms with Crippen molar-refractivity contribution < 1.29 is 0 Å². The normalized spacial score (nSPS) is 10.1. The van der Waals surface area contributed by atoms with Crippen molar-refractivity contribution in [2.24, 2.45) is 5.73 Å². The average molecular weight is 299 g/mol. The van der Waals surface area contributed by atoms with Crippen molar-refractivity contribution in [3.05, 3.63) is 46.3 Å². The summed E-state index contributed by atoms with van der Waals surface area (Å²) < 4.78 is 0. The fourth-order valence-corrected chi connectivity index (χ4v) is 1.77. The third kappa shape index (κ3) is 2.87. The summed E-state index contributed by atoms with van der Waals surface area (Å²) in [5, 5.41) is 3.97. The van der Waals surface area contributed by atoms with Gasteiger partial charge < -0.3 is 11.1 Å². The van der Waals surface area contributed by atoms with E-state index in [1.54, 1.807) is 24.4 Å². The molecular formula is C11H8Cl2N4S. The van der Waals surface area contributed by atoms with Gasteiger partial charge in [-0.1, -0.05) is 35.4 Å². The summed E-state index contributed by atoms with van der Waals surface area (Å²) in [6, 6.07) is 5.14. The van der Waals surface area contributed by atoms with E-state index in [1.165, 1.54) is 6.20 Å². The summed E-state index contributed by atoms with van der Waals surface area (Å²) in [6.45, 7) is 0. The molecule has 92 valence electrons. The lowest BCUT2D eigenvalue weighted by atomic mass is 10.3. The summed E-state index contributed by atoms with van der Waals surface area (Å²) in [7, 11) is 0. The zero-order chi connectivity index (χ0) is 13.1. The highest BCUT2D eigenvalue weighted by atomic mass is 35.5. The standard InChI is InChI=1S/C11H8Cl2N4S/c12-7-2-1-6(5-8(7)13)17-11-9(10(14)18)15-3-4-16-11/h1-5H,(H2,14,18)(H,16,17). The quantitative estimate of drug-likeness (QED) is 0.852. The van der Waals surface area contributed by atoms with Crippen LogP contribution < -0.4 is 11.1 Å². The summed E-state index contributed by atoms with van der Waals surface area (Å²) in [5.74, 6) is 0.475. The van der Waals surface area contributed by atoms with Crippen molar-refractivity contribution in [1.82, 2.24) is 9.97 Å². The minimum absolute atomic E-state index is 0.172. The number of hydrogen-bond acceptors (Lipinski definition) is 4. The Kier molecular flexibility index (Phi) is 3.96. The predicted molar refractivity (Wildman–Crippen MR) is 77.7 cm³/mol. The molecule has 7 heteroatoms. The molecule has 1 heterocycles. The fourth-order valence-electron chi connectivity index (χ4n) is 1.32. The summed E-state index contributed by atoms with van der Waals surface area (Å²) in [5.41, 5.74) is 6.72. The lowest BCUT2D eigenvalue weighted by Gasteiger charge is -2.09. The first-order chi connectivity index (χ1) is 8.58. The Morgan fingerprint density at radius 2 is 1.89 bits per heavy atom. The van der Waals surface area contributed by atoms with E-state index in [0.717, 1.165) is 5.69 Å². The largest absolute Gasteiger partial charge is 0.388 e. The molecule has 0 spiro atoms. The maximum Gasteiger partial charge on any atom is 0.159 e. The van der Waals surface area contributed by atoms with Gasteiger partial charge in [-0.15, -0.1) is 0 Å². The van der Waals surface area contributed by atoms with E-state index >= 15 is 0 Å². The number of nitrogens with zero attached hydrogens (tertiary/aromatic N) is 2. The van der Waals surface area contributed by atoms with Crippen LogP contribution in [0.4, 0.5) is 11.5 Å². The van der Waals surface area contributed by atoms with Gasteiger partial charge in [0.2, 0.25) is 0 Å². The summed E-state index contributed by atoms with van der Waals surface area (Å²) >= 11 is 16.7. The second kappa shape index (κ2) is 5.48. The first-order valence-electron chi connectivity index (χ1n) is 4.91. The van der Waals surface area contributed by atoms with Crippen LogP contribution >= 0.6 is 35.4 Å². The monoisotopic (exact) mass is 298 g/mol. The van der Waals surface area contributed by atoms with Crippen LogP contribution in [-0.2, 0) is 0 Å². The molecule has 0 aliphatic heterocycles. The fraction of sp³-hybridized carbons (Fsp3) is 0. The lowest BCUT2D eigenvalue weighted by Crippen LogP contribution is -2.14. The van der Waals surface area contributed by atoms with Crippen LogP contribution in [0, 0.1) is 0 Å². The van der Waals surface area contributed by atoms with Crippen molar-refractivity contribution in [2.75, 3.05) is 5.32 Å². The molecule has 0 aliphatic rings. The number of thiocarbonyl (C=S) groups is 1. The van der Waals surface area contributed by atoms with Gasteiger partial charge in [0, 0.05) is 18.1 Å². The zero-order valence-corrected chi connectivity index (χ0v) is 11.4. The summed E-state index contributed by atoms with van der Waals surface area (Å²) in [6.07, 6.45) is 3.07. The molecule has 1 aromatic carbocycles. The topological polar surface area (TPSA) is 63.8 Å². The highest BCUT2D eigenvalue weighted by Crippen LogP contribution is 2.26. The second-order valence-electron chi connectivity index (χ2n) is 3.37. The molecule has 0 fully saturated rings. The van der Waals surface area contributed by atoms with Crippen LogP contribution in [0.5, 0.6) is 0 Å². The number of halogens is 2. The number of rotatable bonds is 3. The van der Waals surface area contributed by atoms with E-state index in [2.05, 4.69) is 15.3 Å². The highest BCUT2D eigenvalue weighted by molar-refractivity contribution is 7.80. The second-order valence-corrected chi connectivity index (χ2v) is 4.63. The third-order valence-electron chi connectivity index (χ3n) is 2.11. The molecule has 0 bridgehead atoms. The molecule has 0 unspecified atom stereocenters. The highest BCUT2D eigenvalue weighted by Gasteiger charge is 2.08. The van der Waals surface area contributed by atoms with Gasteiger partial charge in [-0.25, -0.2) is 9.97 Å². The Bertz CT molecular complexity index is 603. The number of aromatic nitrogens is 2. The van der Waals surface area contributed by atoms with Gasteiger partial charge in [0.1, 0.15) is 10.7 Å². The van der Waals surface area contributed by atoms with Crippen LogP contribution in [-0.4, -0.2) is 15.0 Å². The molecular weight excluding hydrogens is 291 g/mol. The van der Waals surface area contributed by atoms with Gasteiger partial charge in [-0.3, -0.25) is 0 Å². The Morgan fingerprint density at radius 3 is 2.56 bits per heavy atom. The van der Waals surface area contributed by atoms with E-state index in [9.17, 15) is 0 Å². The van der Waals surface area contributed by atoms with Gasteiger partial charge in [0.15, 0.2) is 5.82 Å². The van der Waals surface area contributed by atoms with Crippen LogP contribution in [0.25, 0.3) is 0 Å². The van der Waals surface area contributed by atoms with Crippen molar-refractivity contribution >= 4 is 51.9 Å². The Hall–Kier alpha value is -1.43. The van der Waals surface area contributed by atoms with E-state index in [1.807, 2.05) is 0 Å². The molecule has 0 saturated carbocycles. The van der Waals surface area contributed by atoms with E-state index < -0.39 is 0 Å². The first kappa shape index (κ1) is 13.0. The SMILES string of the molecule is NC(=S)c1nccnc1Nc1ccc(Cl)c(Cl)c1. The first-order valence-corrected chi connectivity index (χ1v) is 6.07. The molecule has 2 aromatic rings. The minimum Gasteiger partial charge on any atom is -0.388 e. The van der Waals surface area contributed by atoms with Crippen LogP contribution in [0.3, 0.4) is 0 Å². The predicted octanol–water partition coefficient (Wildman–Crippen LogP) is 3.16. The molecule has 4 nitrogen and oxygen atoms in total. The molecule has 1 aromatic heterocycles. The van der Waals surface area contributed by atoms with Gasteiger partial charge in [0.05, 0.1) is 10.0 Å². The van der Waals surface area contributed by atoms with E-state index in [0.29, 0.717) is 21.6 Å². The van der Waals surface area contributed by atoms with Gasteiger partial charge >= 0.3 is 0 Å². The van der Waals surface area contributed by atoms with Crippen LogP contribution in [0.1, 0.15) is 5.69 Å². The summed E-state index contributed by atoms with van der Waals surface area (Å²) in [4.78, 5) is 8.37. The number of nitrogens with two attached hydrogens (primary N) is 1. The maximum atomic E-state index is 5.92. The van der Waals surface area contributed by atoms with Crippen molar-refractivity contribution in [2.45, 2.75) is 0 Å². The minimum atomic E-state index is 0.172. The number of anilines is 2. The van der Waals surface area contributed by atoms with Crippen molar-refractivity contribution in [1.29, 1.82) is 0 Å². The molecule has 18 heavy (non-hydrogen) atoms. The molecule has 2 rings (SSSR count). The Morgan fingerprint density at radius 1 is 1.17 bits per heavy atom. The Labute approximate surface area is 119 Å². The van der Waals surface area contributed by atoms with E-state index in [-0.39, 0.29) is 4.99 Å². The molecule has 0 radical (unpaired) electrons.